The molecule has 0 spiro atoms. The Morgan fingerprint density at radius 3 is 2.58 bits per heavy atom. The summed E-state index contributed by atoms with van der Waals surface area (Å²) < 4.78 is 36.2. The Kier molecular flexibility index (Phi) is 7.71. The first-order valence-electron chi connectivity index (χ1n) is 12.5. The molecule has 0 radical (unpaired) electrons. The maximum atomic E-state index is 12.3. The summed E-state index contributed by atoms with van der Waals surface area (Å²) >= 11 is 0. The summed E-state index contributed by atoms with van der Waals surface area (Å²) in [7, 11) is -4.37. The monoisotopic (exact) mass is 528 g/mol. The van der Waals surface area contributed by atoms with Crippen molar-refractivity contribution in [3.8, 4) is 17.3 Å². The average Bonchev–Trinajstić information content (AvgIpc) is 3.50. The van der Waals surface area contributed by atoms with E-state index in [9.17, 15) is 13.7 Å². The molecular formula is C25H36N6O3SSi. The highest BCUT2D eigenvalue weighted by molar-refractivity contribution is 7.89. The smallest absolute Gasteiger partial charge is 0.213 e. The van der Waals surface area contributed by atoms with Gasteiger partial charge in [-0.15, -0.1) is 0 Å². The Labute approximate surface area is 214 Å². The second-order valence-electron chi connectivity index (χ2n) is 10.8. The third-order valence-corrected chi connectivity index (χ3v) is 10.7. The zero-order valence-electron chi connectivity index (χ0n) is 21.6. The van der Waals surface area contributed by atoms with Crippen LogP contribution in [-0.4, -0.2) is 65.3 Å². The van der Waals surface area contributed by atoms with Gasteiger partial charge in [-0.3, -0.25) is 0 Å². The molecule has 3 aromatic rings. The van der Waals surface area contributed by atoms with Gasteiger partial charge in [-0.1, -0.05) is 19.6 Å². The van der Waals surface area contributed by atoms with Crippen molar-refractivity contribution in [3.05, 3.63) is 37.1 Å². The first kappa shape index (κ1) is 26.5. The Balaban J connectivity index is 1.55. The van der Waals surface area contributed by atoms with E-state index in [1.54, 1.807) is 17.6 Å². The zero-order chi connectivity index (χ0) is 26.0. The molecule has 1 saturated heterocycles. The molecule has 0 atom stereocenters. The molecule has 0 saturated carbocycles. The van der Waals surface area contributed by atoms with E-state index in [2.05, 4.69) is 40.2 Å². The molecule has 0 bridgehead atoms. The lowest BCUT2D eigenvalue weighted by Crippen LogP contribution is -2.48. The minimum atomic E-state index is -3.23. The molecule has 1 aliphatic heterocycles. The number of nitriles is 1. The first-order valence-corrected chi connectivity index (χ1v) is 17.8. The van der Waals surface area contributed by atoms with Crippen molar-refractivity contribution in [2.45, 2.75) is 64.1 Å². The van der Waals surface area contributed by atoms with Crippen molar-refractivity contribution in [2.75, 3.05) is 25.4 Å². The highest BCUT2D eigenvalue weighted by Crippen LogP contribution is 2.37. The molecule has 36 heavy (non-hydrogen) atoms. The van der Waals surface area contributed by atoms with E-state index in [-0.39, 0.29) is 5.75 Å². The summed E-state index contributed by atoms with van der Waals surface area (Å²) in [5.41, 5.74) is 2.17. The van der Waals surface area contributed by atoms with Gasteiger partial charge in [-0.25, -0.2) is 22.7 Å². The van der Waals surface area contributed by atoms with Crippen LogP contribution in [0.1, 0.15) is 26.2 Å². The summed E-state index contributed by atoms with van der Waals surface area (Å²) in [4.78, 5) is 9.08. The lowest BCUT2D eigenvalue weighted by molar-refractivity contribution is 0.0899. The van der Waals surface area contributed by atoms with Crippen LogP contribution in [0.2, 0.25) is 25.7 Å². The number of fused-ring (bicyclic) bond motifs is 1. The fourth-order valence-corrected chi connectivity index (χ4v) is 6.61. The van der Waals surface area contributed by atoms with Crippen molar-refractivity contribution < 1.29 is 13.2 Å². The van der Waals surface area contributed by atoms with E-state index in [1.807, 2.05) is 35.3 Å². The van der Waals surface area contributed by atoms with E-state index in [0.29, 0.717) is 39.1 Å². The third kappa shape index (κ3) is 5.57. The lowest BCUT2D eigenvalue weighted by Gasteiger charge is -2.41. The predicted molar refractivity (Wildman–Crippen MR) is 144 cm³/mol. The topological polar surface area (TPSA) is 106 Å². The van der Waals surface area contributed by atoms with E-state index in [0.717, 1.165) is 34.9 Å². The van der Waals surface area contributed by atoms with Gasteiger partial charge >= 0.3 is 0 Å². The van der Waals surface area contributed by atoms with Gasteiger partial charge < -0.3 is 13.9 Å². The van der Waals surface area contributed by atoms with Gasteiger partial charge in [0.15, 0.2) is 0 Å². The van der Waals surface area contributed by atoms with Gasteiger partial charge in [-0.05, 0) is 37.9 Å². The van der Waals surface area contributed by atoms with Gasteiger partial charge in [0.1, 0.15) is 18.7 Å². The predicted octanol–water partition coefficient (Wildman–Crippen LogP) is 4.27. The second kappa shape index (κ2) is 10.5. The Morgan fingerprint density at radius 2 is 1.92 bits per heavy atom. The summed E-state index contributed by atoms with van der Waals surface area (Å²) in [6.45, 7) is 10.7. The molecular weight excluding hydrogens is 492 g/mol. The molecule has 4 heterocycles. The van der Waals surface area contributed by atoms with Crippen LogP contribution < -0.4 is 0 Å². The fourth-order valence-electron chi connectivity index (χ4n) is 4.75. The number of aromatic nitrogens is 4. The number of hydrogen-bond donors (Lipinski definition) is 0. The molecule has 0 aromatic carbocycles. The molecule has 4 rings (SSSR count). The van der Waals surface area contributed by atoms with Crippen LogP contribution in [0.25, 0.3) is 22.3 Å². The quantitative estimate of drug-likeness (QED) is 0.287. The molecule has 11 heteroatoms. The lowest BCUT2D eigenvalue weighted by atomic mass is 9.85. The number of nitrogens with zero attached hydrogens (tertiary/aromatic N) is 6. The minimum absolute atomic E-state index is 0.0959. The van der Waals surface area contributed by atoms with E-state index >= 15 is 0 Å². The van der Waals surface area contributed by atoms with Crippen molar-refractivity contribution in [2.24, 2.45) is 0 Å². The molecule has 1 aliphatic rings. The van der Waals surface area contributed by atoms with Crippen LogP contribution in [0.5, 0.6) is 0 Å². The Bertz CT molecular complexity index is 1340. The standard InChI is InChI=1S/C25H36N6O3SSi/c1-5-35(32,33)31-14-9-25(8-11-26,10-15-31)30-13-6-21(18-30)23-22-7-12-29(24(22)28-19-27-23)20-34-16-17-36(2,3)4/h6-7,12-13,18-19H,5,8-10,14-17,20H2,1-4H3. The van der Waals surface area contributed by atoms with Crippen LogP contribution in [0.3, 0.4) is 0 Å². The summed E-state index contributed by atoms with van der Waals surface area (Å²) in [6, 6.07) is 7.48. The summed E-state index contributed by atoms with van der Waals surface area (Å²) in [5, 5.41) is 10.5. The van der Waals surface area contributed by atoms with Crippen molar-refractivity contribution in [1.82, 2.24) is 23.4 Å². The largest absolute Gasteiger partial charge is 0.361 e. The van der Waals surface area contributed by atoms with Crippen molar-refractivity contribution >= 4 is 29.1 Å². The maximum Gasteiger partial charge on any atom is 0.213 e. The second-order valence-corrected chi connectivity index (χ2v) is 18.6. The number of hydrogen-bond acceptors (Lipinski definition) is 6. The SMILES string of the molecule is CCS(=O)(=O)N1CCC(CC#N)(n2ccc(-c3ncnc4c3ccn4COCC[Si](C)(C)C)c2)CC1. The zero-order valence-corrected chi connectivity index (χ0v) is 23.5. The van der Waals surface area contributed by atoms with Gasteiger partial charge in [0, 0.05) is 57.3 Å². The highest BCUT2D eigenvalue weighted by atomic mass is 32.2. The maximum absolute atomic E-state index is 12.3. The highest BCUT2D eigenvalue weighted by Gasteiger charge is 2.39. The normalized spacial score (nSPS) is 16.9. The van der Waals surface area contributed by atoms with Crippen molar-refractivity contribution in [1.29, 1.82) is 5.26 Å². The summed E-state index contributed by atoms with van der Waals surface area (Å²) in [6.07, 6.45) is 9.09. The number of piperidine rings is 1. The number of rotatable bonds is 10. The molecule has 0 aliphatic carbocycles. The van der Waals surface area contributed by atoms with Crippen LogP contribution in [0, 0.1) is 11.3 Å². The Hall–Kier alpha value is -2.52. The molecule has 1 fully saturated rings. The van der Waals surface area contributed by atoms with Gasteiger partial charge in [0.05, 0.1) is 29.5 Å². The number of ether oxygens (including phenoxy) is 1. The molecule has 0 N–H and O–H groups in total. The summed E-state index contributed by atoms with van der Waals surface area (Å²) in [5.74, 6) is 0.0959. The van der Waals surface area contributed by atoms with E-state index in [1.165, 1.54) is 0 Å². The molecule has 9 nitrogen and oxygen atoms in total. The molecule has 0 amide bonds. The molecule has 3 aromatic heterocycles. The van der Waals surface area contributed by atoms with Crippen LogP contribution in [0.4, 0.5) is 0 Å². The van der Waals surface area contributed by atoms with Gasteiger partial charge in [0.25, 0.3) is 0 Å². The number of sulfonamides is 1. The third-order valence-electron chi connectivity index (χ3n) is 7.12. The van der Waals surface area contributed by atoms with Crippen LogP contribution in [-0.2, 0) is 27.0 Å². The molecule has 194 valence electrons. The van der Waals surface area contributed by atoms with Crippen molar-refractivity contribution in [3.63, 3.8) is 0 Å². The van der Waals surface area contributed by atoms with Crippen LogP contribution in [0.15, 0.2) is 37.1 Å². The van der Waals surface area contributed by atoms with Gasteiger partial charge in [0.2, 0.25) is 10.0 Å². The molecule has 0 unspecified atom stereocenters. The van der Waals surface area contributed by atoms with E-state index in [4.69, 9.17) is 4.74 Å². The first-order chi connectivity index (χ1) is 17.1. The fraction of sp³-hybridized carbons (Fsp3) is 0.560. The Morgan fingerprint density at radius 1 is 1.17 bits per heavy atom. The van der Waals surface area contributed by atoms with Crippen LogP contribution >= 0.6 is 0 Å². The average molecular weight is 529 g/mol. The van der Waals surface area contributed by atoms with Gasteiger partial charge in [-0.2, -0.15) is 5.26 Å². The minimum Gasteiger partial charge on any atom is -0.361 e. The van der Waals surface area contributed by atoms with E-state index < -0.39 is 23.6 Å².